The van der Waals surface area contributed by atoms with E-state index in [0.717, 1.165) is 24.2 Å². The molecule has 0 saturated heterocycles. The lowest BCUT2D eigenvalue weighted by atomic mass is 10.2. The summed E-state index contributed by atoms with van der Waals surface area (Å²) in [4.78, 5) is 3.27. The Balaban J connectivity index is 2.07. The fraction of sp³-hybridized carbons (Fsp3) is 0.417. The molecule has 4 nitrogen and oxygen atoms in total. The van der Waals surface area contributed by atoms with E-state index in [-0.39, 0.29) is 10.9 Å². The van der Waals surface area contributed by atoms with Crippen LogP contribution in [0.25, 0.3) is 0 Å². The predicted molar refractivity (Wildman–Crippen MR) is 72.1 cm³/mol. The molecule has 0 amide bonds. The van der Waals surface area contributed by atoms with Gasteiger partial charge >= 0.3 is 6.18 Å². The van der Waals surface area contributed by atoms with Gasteiger partial charge in [0.15, 0.2) is 0 Å². The molecule has 114 valence electrons. The highest BCUT2D eigenvalue weighted by Crippen LogP contribution is 2.31. The number of hydrogen-bond acceptors (Lipinski definition) is 5. The first kappa shape index (κ1) is 16.1. The largest absolute Gasteiger partial charge is 0.433 e. The molecule has 0 unspecified atom stereocenters. The highest BCUT2D eigenvalue weighted by Gasteiger charge is 2.33. The molecule has 0 bridgehead atoms. The van der Waals surface area contributed by atoms with Gasteiger partial charge in [0, 0.05) is 12.2 Å². The van der Waals surface area contributed by atoms with Crippen LogP contribution in [0.4, 0.5) is 13.2 Å². The monoisotopic (exact) mass is 337 g/mol. The Morgan fingerprint density at radius 2 is 2.05 bits per heavy atom. The lowest BCUT2D eigenvalue weighted by molar-refractivity contribution is -0.141. The Labute approximate surface area is 128 Å². The fourth-order valence-corrected chi connectivity index (χ4v) is 2.48. The van der Waals surface area contributed by atoms with Crippen LogP contribution in [0.15, 0.2) is 21.8 Å². The van der Waals surface area contributed by atoms with Crippen molar-refractivity contribution in [1.82, 2.24) is 15.2 Å². The van der Waals surface area contributed by atoms with Gasteiger partial charge in [-0.3, -0.25) is 0 Å². The van der Waals surface area contributed by atoms with E-state index in [1.807, 2.05) is 6.92 Å². The van der Waals surface area contributed by atoms with Crippen molar-refractivity contribution >= 4 is 23.4 Å². The van der Waals surface area contributed by atoms with Gasteiger partial charge in [-0.1, -0.05) is 30.3 Å². The lowest BCUT2D eigenvalue weighted by Gasteiger charge is -2.08. The summed E-state index contributed by atoms with van der Waals surface area (Å²) in [5.74, 6) is 0.753. The van der Waals surface area contributed by atoms with Crippen LogP contribution < -0.4 is 0 Å². The van der Waals surface area contributed by atoms with E-state index in [1.165, 1.54) is 6.07 Å². The van der Waals surface area contributed by atoms with Crippen molar-refractivity contribution < 1.29 is 17.6 Å². The zero-order valence-corrected chi connectivity index (χ0v) is 12.5. The van der Waals surface area contributed by atoms with E-state index in [0.29, 0.717) is 23.1 Å². The number of pyridine rings is 1. The van der Waals surface area contributed by atoms with Crippen molar-refractivity contribution in [3.8, 4) is 0 Å². The first-order valence-electron chi connectivity index (χ1n) is 6.07. The van der Waals surface area contributed by atoms with Gasteiger partial charge in [0.25, 0.3) is 5.22 Å². The quantitative estimate of drug-likeness (QED) is 0.598. The molecule has 9 heteroatoms. The molecule has 0 aliphatic carbocycles. The topological polar surface area (TPSA) is 51.8 Å². The summed E-state index contributed by atoms with van der Waals surface area (Å²) >= 11 is 6.77. The number of aryl methyl sites for hydroxylation is 1. The Hall–Kier alpha value is -1.28. The van der Waals surface area contributed by atoms with Crippen LogP contribution in [-0.2, 0) is 18.3 Å². The molecule has 2 heterocycles. The van der Waals surface area contributed by atoms with Crippen LogP contribution in [-0.4, -0.2) is 15.2 Å². The van der Waals surface area contributed by atoms with E-state index in [9.17, 15) is 13.2 Å². The summed E-state index contributed by atoms with van der Waals surface area (Å²) in [6.45, 7) is 1.98. The minimum atomic E-state index is -4.52. The van der Waals surface area contributed by atoms with Gasteiger partial charge < -0.3 is 4.42 Å². The zero-order valence-electron chi connectivity index (χ0n) is 10.9. The van der Waals surface area contributed by atoms with Gasteiger partial charge in [-0.25, -0.2) is 4.98 Å². The van der Waals surface area contributed by atoms with Crippen molar-refractivity contribution in [2.75, 3.05) is 0 Å². The average molecular weight is 338 g/mol. The lowest BCUT2D eigenvalue weighted by Crippen LogP contribution is -2.08. The third-order valence-corrected chi connectivity index (χ3v) is 3.50. The minimum absolute atomic E-state index is 0.197. The van der Waals surface area contributed by atoms with Gasteiger partial charge in [-0.15, -0.1) is 10.2 Å². The molecule has 21 heavy (non-hydrogen) atoms. The van der Waals surface area contributed by atoms with Crippen molar-refractivity contribution in [1.29, 1.82) is 0 Å². The Bertz CT molecular complexity index is 618. The maximum atomic E-state index is 12.6. The smallest absolute Gasteiger partial charge is 0.416 e. The Morgan fingerprint density at radius 3 is 2.71 bits per heavy atom. The second-order valence-electron chi connectivity index (χ2n) is 4.18. The van der Waals surface area contributed by atoms with Gasteiger partial charge in [-0.05, 0) is 24.1 Å². The Morgan fingerprint density at radius 1 is 1.29 bits per heavy atom. The van der Waals surface area contributed by atoms with Crippen LogP contribution in [0.1, 0.15) is 30.5 Å². The number of halogens is 4. The second-order valence-corrected chi connectivity index (χ2v) is 5.50. The number of rotatable bonds is 5. The molecule has 2 aromatic heterocycles. The van der Waals surface area contributed by atoms with Gasteiger partial charge in [0.1, 0.15) is 10.8 Å². The molecule has 2 aromatic rings. The second kappa shape index (κ2) is 6.65. The van der Waals surface area contributed by atoms with Gasteiger partial charge in [-0.2, -0.15) is 13.2 Å². The minimum Gasteiger partial charge on any atom is -0.416 e. The van der Waals surface area contributed by atoms with E-state index < -0.39 is 11.9 Å². The number of alkyl halides is 3. The third kappa shape index (κ3) is 4.60. The molecular weight excluding hydrogens is 327 g/mol. The summed E-state index contributed by atoms with van der Waals surface area (Å²) in [5.41, 5.74) is -0.620. The number of hydrogen-bond donors (Lipinski definition) is 0. The van der Waals surface area contributed by atoms with Crippen molar-refractivity contribution in [3.63, 3.8) is 0 Å². The van der Waals surface area contributed by atoms with Gasteiger partial charge in [0.2, 0.25) is 5.89 Å². The molecule has 0 spiro atoms. The maximum Gasteiger partial charge on any atom is 0.433 e. The zero-order chi connectivity index (χ0) is 15.5. The molecular formula is C12H11ClF3N3OS. The van der Waals surface area contributed by atoms with Crippen LogP contribution in [0.2, 0.25) is 5.15 Å². The SMILES string of the molecule is CCCc1nnc(SCc2cc(Cl)nc(C(F)(F)F)c2)o1. The summed E-state index contributed by atoms with van der Waals surface area (Å²) in [5, 5.41) is 7.78. The number of thioether (sulfide) groups is 1. The van der Waals surface area contributed by atoms with E-state index in [4.69, 9.17) is 16.0 Å². The van der Waals surface area contributed by atoms with Crippen molar-refractivity contribution in [3.05, 3.63) is 34.4 Å². The molecule has 0 aliphatic heterocycles. The summed E-state index contributed by atoms with van der Waals surface area (Å²) in [6.07, 6.45) is -2.98. The standard InChI is InChI=1S/C12H11ClF3N3OS/c1-2-3-10-18-19-11(20-10)21-6-7-4-8(12(14,15)16)17-9(13)5-7/h4-5H,2-3,6H2,1H3. The first-order valence-corrected chi connectivity index (χ1v) is 7.43. The fourth-order valence-electron chi connectivity index (χ4n) is 1.53. The van der Waals surface area contributed by atoms with Crippen LogP contribution in [0.5, 0.6) is 0 Å². The molecule has 2 rings (SSSR count). The van der Waals surface area contributed by atoms with E-state index in [1.54, 1.807) is 0 Å². The molecule has 0 N–H and O–H groups in total. The van der Waals surface area contributed by atoms with Gasteiger partial charge in [0.05, 0.1) is 0 Å². The first-order chi connectivity index (χ1) is 9.88. The summed E-state index contributed by atoms with van der Waals surface area (Å²) in [7, 11) is 0. The van der Waals surface area contributed by atoms with Crippen molar-refractivity contribution in [2.24, 2.45) is 0 Å². The summed E-state index contributed by atoms with van der Waals surface area (Å²) < 4.78 is 43.2. The highest BCUT2D eigenvalue weighted by atomic mass is 35.5. The highest BCUT2D eigenvalue weighted by molar-refractivity contribution is 7.98. The molecule has 0 fully saturated rings. The normalized spacial score (nSPS) is 11.9. The molecule has 0 atom stereocenters. The predicted octanol–water partition coefficient (Wildman–Crippen LogP) is 4.38. The van der Waals surface area contributed by atoms with Crippen LogP contribution in [0.3, 0.4) is 0 Å². The van der Waals surface area contributed by atoms with Crippen LogP contribution in [0, 0.1) is 0 Å². The maximum absolute atomic E-state index is 12.6. The molecule has 0 radical (unpaired) electrons. The number of aromatic nitrogens is 3. The molecule has 0 aromatic carbocycles. The Kier molecular flexibility index (Phi) is 5.10. The summed E-state index contributed by atoms with van der Waals surface area (Å²) in [6, 6.07) is 2.34. The van der Waals surface area contributed by atoms with Crippen LogP contribution >= 0.6 is 23.4 Å². The van der Waals surface area contributed by atoms with Crippen molar-refractivity contribution in [2.45, 2.75) is 36.9 Å². The third-order valence-electron chi connectivity index (χ3n) is 2.42. The van der Waals surface area contributed by atoms with E-state index in [2.05, 4.69) is 15.2 Å². The average Bonchev–Trinajstić information content (AvgIpc) is 2.83. The number of nitrogens with zero attached hydrogens (tertiary/aromatic N) is 3. The molecule has 0 saturated carbocycles. The van der Waals surface area contributed by atoms with E-state index >= 15 is 0 Å². The molecule has 0 aliphatic rings.